The zero-order valence-corrected chi connectivity index (χ0v) is 11.3. The minimum absolute atomic E-state index is 0.0938. The van der Waals surface area contributed by atoms with Gasteiger partial charge in [-0.15, -0.1) is 0 Å². The number of carbonyl (C=O) groups is 2. The summed E-state index contributed by atoms with van der Waals surface area (Å²) in [4.78, 5) is 24.2. The average molecular weight is 281 g/mol. The van der Waals surface area contributed by atoms with Gasteiger partial charge >= 0.3 is 12.1 Å². The first-order chi connectivity index (χ1) is 9.65. The first-order valence-corrected chi connectivity index (χ1v) is 6.76. The van der Waals surface area contributed by atoms with Crippen LogP contribution < -0.4 is 0 Å². The van der Waals surface area contributed by atoms with Crippen LogP contribution in [0.1, 0.15) is 19.3 Å². The molecule has 0 radical (unpaired) electrons. The summed E-state index contributed by atoms with van der Waals surface area (Å²) < 4.78 is 9.83. The largest absolute Gasteiger partial charge is 0.461 e. The molecule has 0 spiro atoms. The Bertz CT molecular complexity index is 429. The van der Waals surface area contributed by atoms with E-state index in [-0.39, 0.29) is 19.6 Å². The zero-order chi connectivity index (χ0) is 14.4. The smallest absolute Gasteiger partial charge is 0.410 e. The first-order valence-electron chi connectivity index (χ1n) is 6.76. The number of esters is 1. The van der Waals surface area contributed by atoms with Crippen LogP contribution in [-0.2, 0) is 14.3 Å². The van der Waals surface area contributed by atoms with E-state index >= 15 is 0 Å². The summed E-state index contributed by atoms with van der Waals surface area (Å²) >= 11 is 0. The number of allylic oxidation sites excluding steroid dienone is 2. The lowest BCUT2D eigenvalue weighted by molar-refractivity contribution is -0.144. The van der Waals surface area contributed by atoms with Crippen LogP contribution in [0, 0.1) is 0 Å². The molecule has 1 atom stereocenters. The third-order valence-electron chi connectivity index (χ3n) is 3.15. The maximum atomic E-state index is 11.6. The maximum absolute atomic E-state index is 11.6. The van der Waals surface area contributed by atoms with E-state index in [0.717, 1.165) is 18.4 Å². The van der Waals surface area contributed by atoms with Crippen LogP contribution in [0.2, 0.25) is 0 Å². The second-order valence-electron chi connectivity index (χ2n) is 4.84. The van der Waals surface area contributed by atoms with E-state index in [9.17, 15) is 14.7 Å². The molecule has 1 fully saturated rings. The normalized spacial score (nSPS) is 19.6. The molecule has 20 heavy (non-hydrogen) atoms. The Hall–Kier alpha value is -1.82. The highest BCUT2D eigenvalue weighted by Crippen LogP contribution is 2.11. The fraction of sp³-hybridized carbons (Fsp3) is 0.571. The summed E-state index contributed by atoms with van der Waals surface area (Å²) in [6.45, 7) is 1.10. The van der Waals surface area contributed by atoms with Crippen molar-refractivity contribution in [2.24, 2.45) is 0 Å². The number of aliphatic hydroxyl groups excluding tert-OH is 1. The van der Waals surface area contributed by atoms with E-state index in [0.29, 0.717) is 13.2 Å². The number of amides is 1. The molecule has 0 aromatic heterocycles. The van der Waals surface area contributed by atoms with Gasteiger partial charge in [0, 0.05) is 0 Å². The number of β-amino-alcohol motifs (C(OH)–C–C–N with tert-alkyl or cyclic N) is 1. The van der Waals surface area contributed by atoms with Crippen molar-refractivity contribution in [1.29, 1.82) is 0 Å². The molecule has 1 saturated heterocycles. The molecular formula is C14H19NO5. The number of carbonyl (C=O) groups excluding carboxylic acids is 2. The Morgan fingerprint density at radius 3 is 3.00 bits per heavy atom. The molecule has 110 valence electrons. The van der Waals surface area contributed by atoms with Gasteiger partial charge in [-0.3, -0.25) is 4.79 Å². The Kier molecular flexibility index (Phi) is 5.17. The van der Waals surface area contributed by atoms with Gasteiger partial charge in [-0.1, -0.05) is 18.2 Å². The van der Waals surface area contributed by atoms with Crippen molar-refractivity contribution in [3.63, 3.8) is 0 Å². The molecule has 0 aromatic rings. The van der Waals surface area contributed by atoms with Crippen molar-refractivity contribution < 1.29 is 24.2 Å². The van der Waals surface area contributed by atoms with Gasteiger partial charge < -0.3 is 19.5 Å². The molecule has 1 aliphatic heterocycles. The summed E-state index contributed by atoms with van der Waals surface area (Å²) in [5.41, 5.74) is 0.974. The van der Waals surface area contributed by atoms with Crippen molar-refractivity contribution in [1.82, 2.24) is 4.90 Å². The quantitative estimate of drug-likeness (QED) is 0.735. The van der Waals surface area contributed by atoms with Crippen LogP contribution in [0.3, 0.4) is 0 Å². The molecule has 2 rings (SSSR count). The monoisotopic (exact) mass is 281 g/mol. The van der Waals surface area contributed by atoms with Crippen LogP contribution in [0.15, 0.2) is 23.8 Å². The lowest BCUT2D eigenvalue weighted by Crippen LogP contribution is -2.34. The predicted molar refractivity (Wildman–Crippen MR) is 71.0 cm³/mol. The lowest BCUT2D eigenvalue weighted by Gasteiger charge is -2.17. The molecule has 1 unspecified atom stereocenters. The van der Waals surface area contributed by atoms with Crippen LogP contribution in [0.4, 0.5) is 4.79 Å². The Balaban J connectivity index is 1.67. The number of cyclic esters (lactones) is 1. The van der Waals surface area contributed by atoms with Crippen molar-refractivity contribution in [2.45, 2.75) is 25.4 Å². The Morgan fingerprint density at radius 2 is 2.35 bits per heavy atom. The van der Waals surface area contributed by atoms with E-state index in [1.807, 2.05) is 18.2 Å². The minimum Gasteiger partial charge on any atom is -0.461 e. The van der Waals surface area contributed by atoms with E-state index in [1.165, 1.54) is 4.90 Å². The highest BCUT2D eigenvalue weighted by molar-refractivity contribution is 5.71. The molecule has 1 aliphatic carbocycles. The molecule has 0 aromatic carbocycles. The number of aliphatic hydroxyl groups is 1. The number of nitrogens with zero attached hydrogens (tertiary/aromatic N) is 1. The molecule has 0 saturated carbocycles. The van der Waals surface area contributed by atoms with E-state index in [1.54, 1.807) is 0 Å². The summed E-state index contributed by atoms with van der Waals surface area (Å²) in [5, 5.41) is 9.76. The lowest BCUT2D eigenvalue weighted by atomic mass is 10.1. The van der Waals surface area contributed by atoms with Gasteiger partial charge in [0.1, 0.15) is 13.2 Å². The predicted octanol–water partition coefficient (Wildman–Crippen LogP) is 1.01. The van der Waals surface area contributed by atoms with Gasteiger partial charge in [-0.05, 0) is 18.4 Å². The van der Waals surface area contributed by atoms with Crippen molar-refractivity contribution in [2.75, 3.05) is 26.3 Å². The second-order valence-corrected chi connectivity index (χ2v) is 4.84. The van der Waals surface area contributed by atoms with Crippen molar-refractivity contribution in [3.05, 3.63) is 23.8 Å². The zero-order valence-electron chi connectivity index (χ0n) is 11.3. The molecule has 0 bridgehead atoms. The second kappa shape index (κ2) is 7.09. The highest BCUT2D eigenvalue weighted by Gasteiger charge is 2.25. The first kappa shape index (κ1) is 14.6. The van der Waals surface area contributed by atoms with Gasteiger partial charge in [-0.2, -0.15) is 0 Å². The SMILES string of the molecule is O=C(CC(O)CN1CCOC1=O)OCC1=CCCC=C1. The third kappa shape index (κ3) is 4.38. The number of hydrogen-bond acceptors (Lipinski definition) is 5. The number of rotatable bonds is 6. The summed E-state index contributed by atoms with van der Waals surface area (Å²) in [7, 11) is 0. The topological polar surface area (TPSA) is 76.1 Å². The third-order valence-corrected chi connectivity index (χ3v) is 3.15. The molecule has 1 N–H and O–H groups in total. The molecule has 2 aliphatic rings. The summed E-state index contributed by atoms with van der Waals surface area (Å²) in [5.74, 6) is -0.468. The number of hydrogen-bond donors (Lipinski definition) is 1. The van der Waals surface area contributed by atoms with E-state index in [4.69, 9.17) is 9.47 Å². The Labute approximate surface area is 117 Å². The summed E-state index contributed by atoms with van der Waals surface area (Å²) in [6, 6.07) is 0. The van der Waals surface area contributed by atoms with Gasteiger partial charge in [0.25, 0.3) is 0 Å². The maximum Gasteiger partial charge on any atom is 0.410 e. The molecule has 6 heteroatoms. The summed E-state index contributed by atoms with van der Waals surface area (Å²) in [6.07, 6.45) is 6.49. The molecule has 6 nitrogen and oxygen atoms in total. The molecule has 1 amide bonds. The van der Waals surface area contributed by atoms with Crippen LogP contribution in [0.25, 0.3) is 0 Å². The minimum atomic E-state index is -0.927. The van der Waals surface area contributed by atoms with Crippen LogP contribution in [-0.4, -0.2) is 54.5 Å². The number of ether oxygens (including phenoxy) is 2. The van der Waals surface area contributed by atoms with Gasteiger partial charge in [-0.25, -0.2) is 4.79 Å². The molecule has 1 heterocycles. The highest BCUT2D eigenvalue weighted by atomic mass is 16.6. The fourth-order valence-electron chi connectivity index (χ4n) is 2.10. The van der Waals surface area contributed by atoms with E-state index in [2.05, 4.69) is 0 Å². The molecular weight excluding hydrogens is 262 g/mol. The standard InChI is InChI=1S/C14H19NO5/c16-12(9-15-6-7-19-14(15)18)8-13(17)20-10-11-4-2-1-3-5-11/h2,4-5,12,16H,1,3,6-10H2. The Morgan fingerprint density at radius 1 is 1.50 bits per heavy atom. The van der Waals surface area contributed by atoms with Crippen LogP contribution in [0.5, 0.6) is 0 Å². The van der Waals surface area contributed by atoms with Gasteiger partial charge in [0.2, 0.25) is 0 Å². The van der Waals surface area contributed by atoms with Crippen molar-refractivity contribution >= 4 is 12.1 Å². The van der Waals surface area contributed by atoms with Crippen molar-refractivity contribution in [3.8, 4) is 0 Å². The van der Waals surface area contributed by atoms with Crippen LogP contribution >= 0.6 is 0 Å². The fourth-order valence-corrected chi connectivity index (χ4v) is 2.10. The van der Waals surface area contributed by atoms with Gasteiger partial charge in [0.15, 0.2) is 0 Å². The average Bonchev–Trinajstić information content (AvgIpc) is 2.83. The van der Waals surface area contributed by atoms with Gasteiger partial charge in [0.05, 0.1) is 25.6 Å². The van der Waals surface area contributed by atoms with E-state index < -0.39 is 18.2 Å².